The molecular weight excluding hydrogens is 445 g/mol. The van der Waals surface area contributed by atoms with Gasteiger partial charge in [-0.25, -0.2) is 15.0 Å². The molecule has 0 saturated carbocycles. The number of aryl methyl sites for hydroxylation is 1. The Kier molecular flexibility index (Phi) is 6.67. The van der Waals surface area contributed by atoms with Crippen LogP contribution in [0.1, 0.15) is 24.1 Å². The number of alkyl halides is 3. The van der Waals surface area contributed by atoms with Gasteiger partial charge >= 0.3 is 6.18 Å². The summed E-state index contributed by atoms with van der Waals surface area (Å²) in [6.07, 6.45) is -0.113. The molecule has 10 heteroatoms. The van der Waals surface area contributed by atoms with Crippen LogP contribution in [0.15, 0.2) is 48.8 Å². The second-order valence-corrected chi connectivity index (χ2v) is 8.26. The maximum atomic E-state index is 12.9. The highest BCUT2D eigenvalue weighted by Crippen LogP contribution is 2.30. The van der Waals surface area contributed by atoms with Crippen molar-refractivity contribution in [1.82, 2.24) is 20.3 Å². The minimum absolute atomic E-state index is 0.0412. The van der Waals surface area contributed by atoms with Crippen molar-refractivity contribution in [3.63, 3.8) is 0 Å². The summed E-state index contributed by atoms with van der Waals surface area (Å²) in [5.74, 6) is 0.851. The number of piperidine rings is 1. The summed E-state index contributed by atoms with van der Waals surface area (Å²) >= 11 is 0. The van der Waals surface area contributed by atoms with Crippen molar-refractivity contribution in [2.24, 2.45) is 5.92 Å². The lowest BCUT2D eigenvalue weighted by Crippen LogP contribution is -2.39. The summed E-state index contributed by atoms with van der Waals surface area (Å²) in [5.41, 5.74) is 2.24. The first kappa shape index (κ1) is 23.5. The third-order valence-corrected chi connectivity index (χ3v) is 5.80. The highest BCUT2D eigenvalue weighted by atomic mass is 19.4. The first-order valence-electron chi connectivity index (χ1n) is 10.9. The molecule has 0 atom stereocenters. The summed E-state index contributed by atoms with van der Waals surface area (Å²) in [6.45, 7) is 3.43. The van der Waals surface area contributed by atoms with E-state index in [1.807, 2.05) is 37.3 Å². The highest BCUT2D eigenvalue weighted by molar-refractivity contribution is 5.78. The van der Waals surface area contributed by atoms with Crippen LogP contribution in [0.5, 0.6) is 0 Å². The number of rotatable bonds is 5. The number of pyridine rings is 1. The maximum absolute atomic E-state index is 12.9. The Morgan fingerprint density at radius 3 is 2.47 bits per heavy atom. The molecule has 0 unspecified atom stereocenters. The van der Waals surface area contributed by atoms with E-state index in [1.165, 1.54) is 0 Å². The molecule has 4 rings (SSSR count). The van der Waals surface area contributed by atoms with Crippen LogP contribution in [0.3, 0.4) is 0 Å². The molecule has 2 aromatic heterocycles. The number of carbonyl (C=O) groups excluding carboxylic acids is 1. The Balaban J connectivity index is 1.48. The number of halogens is 3. The second-order valence-electron chi connectivity index (χ2n) is 8.26. The molecule has 0 spiro atoms. The first-order valence-corrected chi connectivity index (χ1v) is 10.9. The summed E-state index contributed by atoms with van der Waals surface area (Å²) in [5, 5.41) is 5.58. The minimum Gasteiger partial charge on any atom is -0.359 e. The Morgan fingerprint density at radius 1 is 1.06 bits per heavy atom. The maximum Gasteiger partial charge on any atom is 0.433 e. The Morgan fingerprint density at radius 2 is 1.82 bits per heavy atom. The van der Waals surface area contributed by atoms with Gasteiger partial charge in [-0.3, -0.25) is 4.79 Å². The molecule has 1 aliphatic heterocycles. The Bertz CT molecular complexity index is 1160. The van der Waals surface area contributed by atoms with Crippen molar-refractivity contribution in [2.75, 3.05) is 30.4 Å². The fourth-order valence-electron chi connectivity index (χ4n) is 4.05. The lowest BCUT2D eigenvalue weighted by Gasteiger charge is -2.32. The van der Waals surface area contributed by atoms with Gasteiger partial charge in [0.1, 0.15) is 11.5 Å². The Labute approximate surface area is 195 Å². The van der Waals surface area contributed by atoms with Gasteiger partial charge in [0.25, 0.3) is 0 Å². The average molecular weight is 470 g/mol. The third kappa shape index (κ3) is 5.44. The Hall–Kier alpha value is -3.69. The van der Waals surface area contributed by atoms with Crippen molar-refractivity contribution in [2.45, 2.75) is 25.9 Å². The second kappa shape index (κ2) is 9.66. The topological polar surface area (TPSA) is 83.0 Å². The van der Waals surface area contributed by atoms with Crippen LogP contribution in [0.25, 0.3) is 11.1 Å². The van der Waals surface area contributed by atoms with Gasteiger partial charge in [-0.15, -0.1) is 0 Å². The van der Waals surface area contributed by atoms with Gasteiger partial charge in [-0.2, -0.15) is 13.2 Å². The molecular formula is C24H25F3N6O. The highest BCUT2D eigenvalue weighted by Gasteiger charge is 2.32. The number of amides is 1. The molecule has 0 aliphatic carbocycles. The predicted molar refractivity (Wildman–Crippen MR) is 124 cm³/mol. The number of benzene rings is 1. The van der Waals surface area contributed by atoms with Crippen LogP contribution in [-0.4, -0.2) is 41.0 Å². The van der Waals surface area contributed by atoms with Crippen molar-refractivity contribution < 1.29 is 18.0 Å². The van der Waals surface area contributed by atoms with E-state index in [4.69, 9.17) is 0 Å². The fraction of sp³-hybridized carbons (Fsp3) is 0.333. The molecule has 178 valence electrons. The number of nitrogens with zero attached hydrogens (tertiary/aromatic N) is 4. The smallest absolute Gasteiger partial charge is 0.359 e. The van der Waals surface area contributed by atoms with Gasteiger partial charge in [0.2, 0.25) is 11.9 Å². The van der Waals surface area contributed by atoms with E-state index < -0.39 is 11.9 Å². The van der Waals surface area contributed by atoms with Gasteiger partial charge < -0.3 is 15.5 Å². The van der Waals surface area contributed by atoms with E-state index in [9.17, 15) is 18.0 Å². The van der Waals surface area contributed by atoms with E-state index in [0.29, 0.717) is 5.69 Å². The van der Waals surface area contributed by atoms with Crippen LogP contribution >= 0.6 is 0 Å². The molecule has 0 bridgehead atoms. The summed E-state index contributed by atoms with van der Waals surface area (Å²) in [4.78, 5) is 26.1. The third-order valence-electron chi connectivity index (χ3n) is 5.80. The van der Waals surface area contributed by atoms with Crippen LogP contribution in [0.4, 0.5) is 30.6 Å². The first-order chi connectivity index (χ1) is 16.2. The van der Waals surface area contributed by atoms with Gasteiger partial charge in [0.05, 0.1) is 0 Å². The number of aromatic nitrogens is 3. The molecule has 1 aromatic carbocycles. The molecule has 3 aromatic rings. The minimum atomic E-state index is -4.54. The number of hydrogen-bond donors (Lipinski definition) is 2. The summed E-state index contributed by atoms with van der Waals surface area (Å²) in [6, 6.07) is 10.4. The number of carbonyl (C=O) groups is 1. The molecule has 2 N–H and O–H groups in total. The summed E-state index contributed by atoms with van der Waals surface area (Å²) < 4.78 is 38.8. The molecule has 7 nitrogen and oxygen atoms in total. The van der Waals surface area contributed by atoms with Crippen molar-refractivity contribution in [1.29, 1.82) is 0 Å². The van der Waals surface area contributed by atoms with Crippen LogP contribution in [0, 0.1) is 12.8 Å². The largest absolute Gasteiger partial charge is 0.433 e. The van der Waals surface area contributed by atoms with Gasteiger partial charge in [-0.1, -0.05) is 6.07 Å². The number of nitrogens with one attached hydrogen (secondary N) is 2. The van der Waals surface area contributed by atoms with E-state index in [1.54, 1.807) is 13.2 Å². The predicted octanol–water partition coefficient (Wildman–Crippen LogP) is 4.57. The molecule has 34 heavy (non-hydrogen) atoms. The molecule has 1 saturated heterocycles. The standard InChI is InChI=1S/C24H25F3N6O/c1-15-11-18(13-19(12-15)31-23-29-8-5-20(32-23)24(25,26)27)17-3-4-21(30-14-17)33-9-6-16(7-10-33)22(34)28-2/h3-5,8,11-14,16H,6-7,9-10H2,1-2H3,(H,28,34)(H,29,31,32). The van der Waals surface area contributed by atoms with E-state index in [0.717, 1.165) is 60.7 Å². The number of hydrogen-bond acceptors (Lipinski definition) is 6. The van der Waals surface area contributed by atoms with Gasteiger partial charge in [-0.05, 0) is 61.2 Å². The van der Waals surface area contributed by atoms with Gasteiger partial charge in [0.15, 0.2) is 0 Å². The van der Waals surface area contributed by atoms with Crippen LogP contribution in [0.2, 0.25) is 0 Å². The SMILES string of the molecule is CNC(=O)C1CCN(c2ccc(-c3cc(C)cc(Nc4nccc(C(F)(F)F)n4)c3)cn2)CC1. The fourth-order valence-corrected chi connectivity index (χ4v) is 4.05. The lowest BCUT2D eigenvalue weighted by molar-refractivity contribution is -0.141. The lowest BCUT2D eigenvalue weighted by atomic mass is 9.96. The molecule has 0 radical (unpaired) electrons. The zero-order valence-corrected chi connectivity index (χ0v) is 18.9. The molecule has 1 amide bonds. The molecule has 3 heterocycles. The van der Waals surface area contributed by atoms with Crippen molar-refractivity contribution in [3.05, 3.63) is 60.0 Å². The van der Waals surface area contributed by atoms with Crippen LogP contribution < -0.4 is 15.5 Å². The van der Waals surface area contributed by atoms with Gasteiger partial charge in [0, 0.05) is 49.7 Å². The molecule has 1 aliphatic rings. The van der Waals surface area contributed by atoms with E-state index >= 15 is 0 Å². The zero-order valence-electron chi connectivity index (χ0n) is 18.9. The molecule has 1 fully saturated rings. The van der Waals surface area contributed by atoms with E-state index in [-0.39, 0.29) is 17.8 Å². The quantitative estimate of drug-likeness (QED) is 0.568. The van der Waals surface area contributed by atoms with Crippen molar-refractivity contribution in [3.8, 4) is 11.1 Å². The van der Waals surface area contributed by atoms with Crippen molar-refractivity contribution >= 4 is 23.4 Å². The zero-order chi connectivity index (χ0) is 24.3. The average Bonchev–Trinajstić information content (AvgIpc) is 2.83. The monoisotopic (exact) mass is 470 g/mol. The summed E-state index contributed by atoms with van der Waals surface area (Å²) in [7, 11) is 1.66. The van der Waals surface area contributed by atoms with E-state index in [2.05, 4.69) is 30.5 Å². The van der Waals surface area contributed by atoms with Crippen LogP contribution in [-0.2, 0) is 11.0 Å². The number of anilines is 3. The normalized spacial score (nSPS) is 14.7.